The Hall–Kier alpha value is -2.02. The highest BCUT2D eigenvalue weighted by Crippen LogP contribution is 2.64. The Morgan fingerprint density at radius 1 is 1.08 bits per heavy atom. The lowest BCUT2D eigenvalue weighted by Crippen LogP contribution is -2.55. The van der Waals surface area contributed by atoms with Crippen LogP contribution in [0.4, 0.5) is 0 Å². The summed E-state index contributed by atoms with van der Waals surface area (Å²) in [6.07, 6.45) is 30.1. The van der Waals surface area contributed by atoms with Gasteiger partial charge in [-0.15, -0.1) is 6.42 Å². The van der Waals surface area contributed by atoms with E-state index >= 15 is 0 Å². The van der Waals surface area contributed by atoms with Crippen LogP contribution >= 0.6 is 0 Å². The van der Waals surface area contributed by atoms with Crippen molar-refractivity contribution in [3.05, 3.63) is 23.8 Å². The molecule has 0 amide bonds. The molecule has 4 heteroatoms. The summed E-state index contributed by atoms with van der Waals surface area (Å²) in [4.78, 5) is 13.0. The molecule has 4 aliphatic rings. The highest BCUT2D eigenvalue weighted by atomic mass is 16.6. The maximum atomic E-state index is 13.0. The molecule has 0 aromatic heterocycles. The molecule has 6 atom stereocenters. The summed E-state index contributed by atoms with van der Waals surface area (Å²) >= 11 is 0. The van der Waals surface area contributed by atoms with Crippen LogP contribution < -0.4 is 0 Å². The number of oxime groups is 1. The minimum Gasteiger partial charge on any atom is -0.441 e. The number of allylic oxidation sites excluding steroid dienone is 3. The number of ether oxygens (including phenoxy) is 1. The summed E-state index contributed by atoms with van der Waals surface area (Å²) in [7, 11) is 0. The Kier molecular flexibility index (Phi) is 9.02. The molecule has 0 aliphatic heterocycles. The van der Waals surface area contributed by atoms with Crippen molar-refractivity contribution in [2.75, 3.05) is 0 Å². The van der Waals surface area contributed by atoms with E-state index in [2.05, 4.69) is 43.2 Å². The molecule has 198 valence electrons. The van der Waals surface area contributed by atoms with Crippen molar-refractivity contribution in [3.63, 3.8) is 0 Å². The first kappa shape index (κ1) is 27.0. The Morgan fingerprint density at radius 2 is 1.83 bits per heavy atom. The molecule has 0 aromatic carbocycles. The summed E-state index contributed by atoms with van der Waals surface area (Å²) in [5, 5.41) is 12.7. The maximum Gasteiger partial charge on any atom is 0.307 e. The van der Waals surface area contributed by atoms with Crippen LogP contribution in [-0.4, -0.2) is 22.5 Å². The van der Waals surface area contributed by atoms with Crippen LogP contribution in [0, 0.1) is 41.4 Å². The minimum atomic E-state index is -0.909. The predicted molar refractivity (Wildman–Crippen MR) is 146 cm³/mol. The largest absolute Gasteiger partial charge is 0.441 e. The van der Waals surface area contributed by atoms with Gasteiger partial charge in [0.2, 0.25) is 0 Å². The topological polar surface area (TPSA) is 58.9 Å². The van der Waals surface area contributed by atoms with E-state index in [0.717, 1.165) is 63.5 Å². The molecule has 1 N–H and O–H groups in total. The lowest BCUT2D eigenvalue weighted by molar-refractivity contribution is -0.168. The van der Waals surface area contributed by atoms with Crippen LogP contribution in [0.2, 0.25) is 0 Å². The second-order valence-electron chi connectivity index (χ2n) is 11.8. The van der Waals surface area contributed by atoms with Gasteiger partial charge in [-0.2, -0.15) is 0 Å². The van der Waals surface area contributed by atoms with Crippen LogP contribution in [-0.2, 0) is 9.53 Å². The summed E-state index contributed by atoms with van der Waals surface area (Å²) < 4.78 is 6.27. The van der Waals surface area contributed by atoms with Gasteiger partial charge in [0.15, 0.2) is 5.60 Å². The van der Waals surface area contributed by atoms with Gasteiger partial charge in [-0.3, -0.25) is 4.79 Å². The van der Waals surface area contributed by atoms with E-state index in [1.54, 1.807) is 0 Å². The number of hydrogen-bond acceptors (Lipinski definition) is 4. The van der Waals surface area contributed by atoms with Crippen LogP contribution in [0.3, 0.4) is 0 Å². The average molecular weight is 494 g/mol. The number of carbonyl (C=O) groups is 1. The van der Waals surface area contributed by atoms with E-state index in [9.17, 15) is 10.0 Å². The number of nitrogens with zero attached hydrogens (tertiary/aromatic N) is 1. The van der Waals surface area contributed by atoms with Crippen LogP contribution in [0.15, 0.2) is 29.0 Å². The second kappa shape index (κ2) is 12.0. The summed E-state index contributed by atoms with van der Waals surface area (Å²) in [5.41, 5.74) is 1.20. The first-order valence-corrected chi connectivity index (χ1v) is 14.8. The third kappa shape index (κ3) is 5.05. The number of terminal acetylenes is 1. The van der Waals surface area contributed by atoms with Gasteiger partial charge < -0.3 is 9.94 Å². The molecule has 0 aromatic rings. The van der Waals surface area contributed by atoms with Crippen molar-refractivity contribution >= 4 is 11.7 Å². The van der Waals surface area contributed by atoms with E-state index in [1.165, 1.54) is 44.1 Å². The molecule has 2 fully saturated rings. The number of esters is 1. The summed E-state index contributed by atoms with van der Waals surface area (Å²) in [6.45, 7) is 4.48. The number of rotatable bonds is 11. The van der Waals surface area contributed by atoms with Gasteiger partial charge in [-0.25, -0.2) is 0 Å². The molecular formula is C32H47NO3. The Morgan fingerprint density at radius 3 is 2.53 bits per heavy atom. The van der Waals surface area contributed by atoms with Gasteiger partial charge in [0.25, 0.3) is 0 Å². The van der Waals surface area contributed by atoms with Gasteiger partial charge in [0.05, 0.1) is 5.71 Å². The molecule has 0 radical (unpaired) electrons. The minimum absolute atomic E-state index is 0.129. The van der Waals surface area contributed by atoms with E-state index in [4.69, 9.17) is 11.2 Å². The molecular weight excluding hydrogens is 446 g/mol. The first-order chi connectivity index (χ1) is 17.5. The Labute approximate surface area is 219 Å². The number of fused-ring (bicyclic) bond motifs is 5. The van der Waals surface area contributed by atoms with Crippen molar-refractivity contribution in [1.82, 2.24) is 0 Å². The smallest absolute Gasteiger partial charge is 0.307 e. The molecule has 0 saturated heterocycles. The average Bonchev–Trinajstić information content (AvgIpc) is 3.24. The highest BCUT2D eigenvalue weighted by Gasteiger charge is 2.63. The van der Waals surface area contributed by atoms with Gasteiger partial charge >= 0.3 is 5.97 Å². The van der Waals surface area contributed by atoms with Crippen molar-refractivity contribution in [1.29, 1.82) is 0 Å². The summed E-state index contributed by atoms with van der Waals surface area (Å²) in [5.74, 6) is 5.05. The molecule has 36 heavy (non-hydrogen) atoms. The fourth-order valence-electron chi connectivity index (χ4n) is 8.25. The fraction of sp³-hybridized carbons (Fsp3) is 0.750. The van der Waals surface area contributed by atoms with E-state index in [-0.39, 0.29) is 11.4 Å². The molecule has 0 unspecified atom stereocenters. The van der Waals surface area contributed by atoms with Crippen molar-refractivity contribution < 1.29 is 14.7 Å². The fourth-order valence-corrected chi connectivity index (χ4v) is 8.25. The van der Waals surface area contributed by atoms with Crippen LogP contribution in [0.1, 0.15) is 117 Å². The van der Waals surface area contributed by atoms with Gasteiger partial charge in [0, 0.05) is 11.8 Å². The zero-order valence-electron chi connectivity index (χ0n) is 22.6. The Balaban J connectivity index is 1.38. The van der Waals surface area contributed by atoms with Gasteiger partial charge in [0.1, 0.15) is 0 Å². The summed E-state index contributed by atoms with van der Waals surface area (Å²) in [6, 6.07) is 0. The quantitative estimate of drug-likeness (QED) is 0.0792. The zero-order chi connectivity index (χ0) is 25.6. The second-order valence-corrected chi connectivity index (χ2v) is 11.8. The third-order valence-electron chi connectivity index (χ3n) is 10.2. The monoisotopic (exact) mass is 493 g/mol. The van der Waals surface area contributed by atoms with Crippen LogP contribution in [0.5, 0.6) is 0 Å². The van der Waals surface area contributed by atoms with Crippen molar-refractivity contribution in [2.24, 2.45) is 34.2 Å². The molecule has 4 aliphatic carbocycles. The SMILES string of the molecule is C#C[C@]1(OC(=O)CCCCCCCCCC)C=C[C@H]2[C@@H]3CCC4=C/C(=N\O)CC[C@@H]4[C@H]3CC[C@@]21CC. The number of carbonyl (C=O) groups excluding carboxylic acids is 1. The van der Waals surface area contributed by atoms with Crippen molar-refractivity contribution in [2.45, 2.75) is 122 Å². The van der Waals surface area contributed by atoms with E-state index in [1.807, 2.05) is 0 Å². The highest BCUT2D eigenvalue weighted by molar-refractivity contribution is 5.96. The van der Waals surface area contributed by atoms with E-state index in [0.29, 0.717) is 30.1 Å². The number of hydrogen-bond donors (Lipinski definition) is 1. The lowest BCUT2D eigenvalue weighted by atomic mass is 9.49. The normalized spacial score (nSPS) is 35.9. The third-order valence-corrected chi connectivity index (χ3v) is 10.2. The first-order valence-electron chi connectivity index (χ1n) is 14.8. The Bertz CT molecular complexity index is 911. The molecule has 0 bridgehead atoms. The number of unbranched alkanes of at least 4 members (excludes halogenated alkanes) is 7. The maximum absolute atomic E-state index is 13.0. The van der Waals surface area contributed by atoms with E-state index < -0.39 is 5.60 Å². The van der Waals surface area contributed by atoms with Gasteiger partial charge in [-0.05, 0) is 87.2 Å². The predicted octanol–water partition coefficient (Wildman–Crippen LogP) is 8.00. The molecule has 4 rings (SSSR count). The molecule has 0 heterocycles. The molecule has 0 spiro atoms. The van der Waals surface area contributed by atoms with Crippen LogP contribution in [0.25, 0.3) is 0 Å². The van der Waals surface area contributed by atoms with Gasteiger partial charge in [-0.1, -0.05) is 81.5 Å². The van der Waals surface area contributed by atoms with Crippen molar-refractivity contribution in [3.8, 4) is 12.3 Å². The zero-order valence-corrected chi connectivity index (χ0v) is 22.6. The lowest BCUT2D eigenvalue weighted by Gasteiger charge is -2.56. The molecule has 4 nitrogen and oxygen atoms in total. The molecule has 2 saturated carbocycles. The standard InChI is InChI=1S/C32H47NO3/c1-4-7-8-9-10-11-12-13-14-30(34)36-32(6-3)22-20-29-28-17-15-24-23-25(33-35)16-18-26(24)27(28)19-21-31(29,32)5-2/h3,20,22-23,26-29,35H,4-5,7-19,21H2,1-2H3/b33-25-/t26-,27+,28+,29-,31-,32-/m0/s1.